The Morgan fingerprint density at radius 2 is 1.82 bits per heavy atom. The lowest BCUT2D eigenvalue weighted by Crippen LogP contribution is -2.27. The monoisotopic (exact) mass is 442 g/mol. The Balaban J connectivity index is 1.41. The van der Waals surface area contributed by atoms with Crippen molar-refractivity contribution in [1.82, 2.24) is 10.3 Å². The molecule has 164 valence electrons. The molecule has 1 aliphatic heterocycles. The van der Waals surface area contributed by atoms with Crippen molar-refractivity contribution in [2.45, 2.75) is 0 Å². The molecular weight excluding hydrogens is 423 g/mol. The lowest BCUT2D eigenvalue weighted by molar-refractivity contribution is 0.102. The number of carbonyl (C=O) groups excluding carboxylic acids is 2. The molecule has 5 rings (SSSR count). The molecule has 0 aliphatic carbocycles. The topological polar surface area (TPSA) is 87.5 Å². The second-order valence-electron chi connectivity index (χ2n) is 7.44. The number of urea groups is 1. The third-order valence-electron chi connectivity index (χ3n) is 5.32. The van der Waals surface area contributed by atoms with Crippen molar-refractivity contribution in [2.24, 2.45) is 0 Å². The van der Waals surface area contributed by atoms with Gasteiger partial charge in [-0.2, -0.15) is 0 Å². The maximum absolute atomic E-state index is 14.1. The Morgan fingerprint density at radius 1 is 1.03 bits per heavy atom. The summed E-state index contributed by atoms with van der Waals surface area (Å²) in [5, 5.41) is 5.62. The van der Waals surface area contributed by atoms with Crippen LogP contribution in [-0.2, 0) is 0 Å². The Hall–Kier alpha value is -4.46. The first kappa shape index (κ1) is 20.4. The third kappa shape index (κ3) is 4.06. The van der Waals surface area contributed by atoms with Crippen LogP contribution in [0.25, 0.3) is 22.8 Å². The Morgan fingerprint density at radius 3 is 2.61 bits per heavy atom. The van der Waals surface area contributed by atoms with Gasteiger partial charge in [0.1, 0.15) is 5.82 Å². The molecule has 0 unspecified atom stereocenters. The number of nitrogens with zero attached hydrogens (tertiary/aromatic N) is 2. The SMILES string of the molecule is O=C(Nc1cccc(N2CCNC2=O)c1)c1ccccc1-c1ncc(-c2ccccc2F)o1. The van der Waals surface area contributed by atoms with E-state index < -0.39 is 5.82 Å². The molecule has 0 radical (unpaired) electrons. The van der Waals surface area contributed by atoms with Crippen molar-refractivity contribution in [2.75, 3.05) is 23.3 Å². The standard InChI is InChI=1S/C25H19FN4O3/c26-21-11-4-3-10-20(21)22-15-28-24(33-22)19-9-2-1-8-18(19)23(31)29-16-6-5-7-17(14-16)30-13-12-27-25(30)32/h1-11,14-15H,12-13H2,(H,27,32)(H,29,31). The number of halogens is 1. The Labute approximate surface area is 188 Å². The number of hydrogen-bond acceptors (Lipinski definition) is 4. The molecular formula is C25H19FN4O3. The van der Waals surface area contributed by atoms with Crippen molar-refractivity contribution in [1.29, 1.82) is 0 Å². The highest BCUT2D eigenvalue weighted by atomic mass is 19.1. The summed E-state index contributed by atoms with van der Waals surface area (Å²) in [4.78, 5) is 30.9. The van der Waals surface area contributed by atoms with Crippen molar-refractivity contribution >= 4 is 23.3 Å². The van der Waals surface area contributed by atoms with E-state index in [4.69, 9.17) is 4.42 Å². The number of nitrogens with one attached hydrogen (secondary N) is 2. The van der Waals surface area contributed by atoms with Crippen LogP contribution in [0.2, 0.25) is 0 Å². The fourth-order valence-corrected chi connectivity index (χ4v) is 3.72. The summed E-state index contributed by atoms with van der Waals surface area (Å²) in [6, 6.07) is 20.1. The largest absolute Gasteiger partial charge is 0.436 e. The van der Waals surface area contributed by atoms with Gasteiger partial charge in [0.15, 0.2) is 5.76 Å². The second kappa shape index (κ2) is 8.58. The fraction of sp³-hybridized carbons (Fsp3) is 0.0800. The van der Waals surface area contributed by atoms with Crippen molar-refractivity contribution in [3.63, 3.8) is 0 Å². The zero-order valence-electron chi connectivity index (χ0n) is 17.4. The molecule has 0 saturated carbocycles. The van der Waals surface area contributed by atoms with E-state index in [1.54, 1.807) is 65.6 Å². The summed E-state index contributed by atoms with van der Waals surface area (Å²) in [7, 11) is 0. The average molecular weight is 442 g/mol. The third-order valence-corrected chi connectivity index (χ3v) is 5.32. The van der Waals surface area contributed by atoms with E-state index in [9.17, 15) is 14.0 Å². The molecule has 0 spiro atoms. The maximum atomic E-state index is 14.1. The molecule has 2 heterocycles. The summed E-state index contributed by atoms with van der Waals surface area (Å²) in [6.07, 6.45) is 1.44. The van der Waals surface area contributed by atoms with Crippen LogP contribution in [0, 0.1) is 5.82 Å². The molecule has 3 aromatic carbocycles. The van der Waals surface area contributed by atoms with Gasteiger partial charge in [-0.05, 0) is 42.5 Å². The van der Waals surface area contributed by atoms with E-state index in [1.807, 2.05) is 6.07 Å². The molecule has 1 fully saturated rings. The first-order valence-corrected chi connectivity index (χ1v) is 10.4. The normalized spacial score (nSPS) is 13.1. The molecule has 1 saturated heterocycles. The van der Waals surface area contributed by atoms with Crippen molar-refractivity contribution in [3.8, 4) is 22.8 Å². The second-order valence-corrected chi connectivity index (χ2v) is 7.44. The molecule has 7 nitrogen and oxygen atoms in total. The zero-order valence-corrected chi connectivity index (χ0v) is 17.4. The molecule has 2 N–H and O–H groups in total. The van der Waals surface area contributed by atoms with Crippen LogP contribution in [-0.4, -0.2) is 30.0 Å². The van der Waals surface area contributed by atoms with E-state index >= 15 is 0 Å². The van der Waals surface area contributed by atoms with Gasteiger partial charge >= 0.3 is 6.03 Å². The maximum Gasteiger partial charge on any atom is 0.321 e. The van der Waals surface area contributed by atoms with Crippen LogP contribution in [0.4, 0.5) is 20.6 Å². The first-order chi connectivity index (χ1) is 16.1. The first-order valence-electron chi connectivity index (χ1n) is 10.4. The van der Waals surface area contributed by atoms with Gasteiger partial charge in [-0.25, -0.2) is 14.2 Å². The highest BCUT2D eigenvalue weighted by molar-refractivity contribution is 6.08. The summed E-state index contributed by atoms with van der Waals surface area (Å²) < 4.78 is 19.9. The number of anilines is 2. The highest BCUT2D eigenvalue weighted by Crippen LogP contribution is 2.30. The number of amides is 3. The van der Waals surface area contributed by atoms with E-state index in [2.05, 4.69) is 15.6 Å². The summed E-state index contributed by atoms with van der Waals surface area (Å²) in [5.74, 6) is -0.298. The Kier molecular flexibility index (Phi) is 5.32. The number of aromatic nitrogens is 1. The van der Waals surface area contributed by atoms with Crippen molar-refractivity contribution < 1.29 is 18.4 Å². The van der Waals surface area contributed by atoms with Gasteiger partial charge in [-0.1, -0.05) is 30.3 Å². The van der Waals surface area contributed by atoms with Crippen LogP contribution < -0.4 is 15.5 Å². The number of carbonyl (C=O) groups is 2. The van der Waals surface area contributed by atoms with E-state index in [-0.39, 0.29) is 23.6 Å². The summed E-state index contributed by atoms with van der Waals surface area (Å²) >= 11 is 0. The van der Waals surface area contributed by atoms with Crippen LogP contribution in [0.3, 0.4) is 0 Å². The van der Waals surface area contributed by atoms with Gasteiger partial charge < -0.3 is 15.1 Å². The lowest BCUT2D eigenvalue weighted by Gasteiger charge is -2.15. The van der Waals surface area contributed by atoms with Crippen LogP contribution in [0.15, 0.2) is 83.4 Å². The van der Waals surface area contributed by atoms with E-state index in [0.29, 0.717) is 41.2 Å². The average Bonchev–Trinajstić information content (AvgIpc) is 3.49. The molecule has 33 heavy (non-hydrogen) atoms. The summed E-state index contributed by atoms with van der Waals surface area (Å²) in [5.41, 5.74) is 2.36. The van der Waals surface area contributed by atoms with Gasteiger partial charge in [-0.3, -0.25) is 9.69 Å². The lowest BCUT2D eigenvalue weighted by atomic mass is 10.1. The van der Waals surface area contributed by atoms with Gasteiger partial charge in [0.05, 0.1) is 17.3 Å². The molecule has 3 amide bonds. The van der Waals surface area contributed by atoms with Crippen molar-refractivity contribution in [3.05, 3.63) is 90.4 Å². The predicted molar refractivity (Wildman–Crippen MR) is 122 cm³/mol. The van der Waals surface area contributed by atoms with Gasteiger partial charge in [0.2, 0.25) is 5.89 Å². The number of rotatable bonds is 5. The van der Waals surface area contributed by atoms with Crippen LogP contribution in [0.5, 0.6) is 0 Å². The van der Waals surface area contributed by atoms with Gasteiger partial charge in [0.25, 0.3) is 5.91 Å². The molecule has 0 atom stereocenters. The summed E-state index contributed by atoms with van der Waals surface area (Å²) in [6.45, 7) is 1.14. The van der Waals surface area contributed by atoms with E-state index in [1.165, 1.54) is 12.3 Å². The predicted octanol–water partition coefficient (Wildman–Crippen LogP) is 4.93. The minimum absolute atomic E-state index is 0.168. The minimum Gasteiger partial charge on any atom is -0.436 e. The molecule has 0 bridgehead atoms. The van der Waals surface area contributed by atoms with E-state index in [0.717, 1.165) is 0 Å². The zero-order chi connectivity index (χ0) is 22.8. The number of oxazole rings is 1. The molecule has 1 aromatic heterocycles. The minimum atomic E-state index is -0.419. The smallest absolute Gasteiger partial charge is 0.321 e. The van der Waals surface area contributed by atoms with Crippen LogP contribution >= 0.6 is 0 Å². The fourth-order valence-electron chi connectivity index (χ4n) is 3.72. The quantitative estimate of drug-likeness (QED) is 0.459. The number of hydrogen-bond donors (Lipinski definition) is 2. The van der Waals surface area contributed by atoms with Gasteiger partial charge in [-0.15, -0.1) is 0 Å². The highest BCUT2D eigenvalue weighted by Gasteiger charge is 2.22. The van der Waals surface area contributed by atoms with Crippen LogP contribution in [0.1, 0.15) is 10.4 Å². The van der Waals surface area contributed by atoms with Gasteiger partial charge in [0, 0.05) is 30.0 Å². The molecule has 4 aromatic rings. The molecule has 1 aliphatic rings. The number of benzene rings is 3. The Bertz CT molecular complexity index is 1350. The molecule has 8 heteroatoms.